The Kier molecular flexibility index (Phi) is 2.86. The molecule has 0 radical (unpaired) electrons. The van der Waals surface area contributed by atoms with E-state index in [1.165, 1.54) is 7.11 Å². The lowest BCUT2D eigenvalue weighted by Crippen LogP contribution is -2.51. The molecule has 1 aliphatic heterocycles. The van der Waals surface area contributed by atoms with Crippen molar-refractivity contribution in [3.8, 4) is 0 Å². The minimum atomic E-state index is -1.89. The SMILES string of the molecule is COC(=O)C1(F)CNCC1(C)C(C)C. The highest BCUT2D eigenvalue weighted by Gasteiger charge is 2.60. The van der Waals surface area contributed by atoms with Crippen LogP contribution in [-0.2, 0) is 9.53 Å². The summed E-state index contributed by atoms with van der Waals surface area (Å²) >= 11 is 0. The fraction of sp³-hybridized carbons (Fsp3) is 0.900. The van der Waals surface area contributed by atoms with Crippen LogP contribution in [0.1, 0.15) is 20.8 Å². The number of esters is 1. The normalized spacial score (nSPS) is 37.6. The third-order valence-corrected chi connectivity index (χ3v) is 3.55. The standard InChI is InChI=1S/C10H18FNO2/c1-7(2)9(3)5-12-6-10(9,11)8(13)14-4/h7,12H,5-6H2,1-4H3. The van der Waals surface area contributed by atoms with Crippen LogP contribution < -0.4 is 5.32 Å². The molecule has 0 amide bonds. The van der Waals surface area contributed by atoms with Gasteiger partial charge in [0, 0.05) is 18.5 Å². The average molecular weight is 203 g/mol. The second-order valence-electron chi connectivity index (χ2n) is 4.47. The average Bonchev–Trinajstić information content (AvgIpc) is 2.44. The first-order chi connectivity index (χ1) is 6.38. The Morgan fingerprint density at radius 1 is 1.50 bits per heavy atom. The Bertz CT molecular complexity index is 244. The topological polar surface area (TPSA) is 38.3 Å². The molecule has 0 aliphatic carbocycles. The van der Waals surface area contributed by atoms with Crippen molar-refractivity contribution >= 4 is 5.97 Å². The van der Waals surface area contributed by atoms with Gasteiger partial charge >= 0.3 is 5.97 Å². The number of nitrogens with one attached hydrogen (secondary N) is 1. The number of alkyl halides is 1. The van der Waals surface area contributed by atoms with Gasteiger partial charge in [-0.25, -0.2) is 9.18 Å². The van der Waals surface area contributed by atoms with Crippen LogP contribution in [-0.4, -0.2) is 31.8 Å². The Hall–Kier alpha value is -0.640. The van der Waals surface area contributed by atoms with E-state index in [4.69, 9.17) is 0 Å². The van der Waals surface area contributed by atoms with Gasteiger partial charge in [-0.2, -0.15) is 0 Å². The molecular formula is C10H18FNO2. The maximum atomic E-state index is 14.5. The quantitative estimate of drug-likeness (QED) is 0.684. The molecule has 1 rings (SSSR count). The van der Waals surface area contributed by atoms with E-state index in [9.17, 15) is 9.18 Å². The van der Waals surface area contributed by atoms with Gasteiger partial charge in [-0.05, 0) is 5.92 Å². The van der Waals surface area contributed by atoms with E-state index < -0.39 is 17.1 Å². The van der Waals surface area contributed by atoms with Crippen LogP contribution >= 0.6 is 0 Å². The highest BCUT2D eigenvalue weighted by molar-refractivity contribution is 5.81. The summed E-state index contributed by atoms with van der Waals surface area (Å²) in [4.78, 5) is 11.4. The molecule has 0 bridgehead atoms. The lowest BCUT2D eigenvalue weighted by molar-refractivity contribution is -0.162. The van der Waals surface area contributed by atoms with E-state index >= 15 is 0 Å². The van der Waals surface area contributed by atoms with Crippen LogP contribution in [0, 0.1) is 11.3 Å². The Labute approximate surface area is 84.0 Å². The van der Waals surface area contributed by atoms with Crippen LogP contribution in [0.4, 0.5) is 4.39 Å². The van der Waals surface area contributed by atoms with Crippen molar-refractivity contribution < 1.29 is 13.9 Å². The molecule has 1 fully saturated rings. The Morgan fingerprint density at radius 2 is 2.07 bits per heavy atom. The predicted octanol–water partition coefficient (Wildman–Crippen LogP) is 1.13. The number of hydrogen-bond acceptors (Lipinski definition) is 3. The Morgan fingerprint density at radius 3 is 2.50 bits per heavy atom. The monoisotopic (exact) mass is 203 g/mol. The third-order valence-electron chi connectivity index (χ3n) is 3.55. The summed E-state index contributed by atoms with van der Waals surface area (Å²) in [5.74, 6) is -0.680. The summed E-state index contributed by atoms with van der Waals surface area (Å²) < 4.78 is 19.0. The largest absolute Gasteiger partial charge is 0.467 e. The maximum absolute atomic E-state index is 14.5. The summed E-state index contributed by atoms with van der Waals surface area (Å²) in [6.45, 7) is 6.19. The predicted molar refractivity (Wildman–Crippen MR) is 51.7 cm³/mol. The molecule has 1 N–H and O–H groups in total. The van der Waals surface area contributed by atoms with Gasteiger partial charge in [-0.15, -0.1) is 0 Å². The number of halogens is 1. The van der Waals surface area contributed by atoms with Gasteiger partial charge < -0.3 is 10.1 Å². The molecule has 0 aromatic carbocycles. The number of carbonyl (C=O) groups is 1. The second kappa shape index (κ2) is 3.50. The summed E-state index contributed by atoms with van der Waals surface area (Å²) in [6, 6.07) is 0. The van der Waals surface area contributed by atoms with Crippen molar-refractivity contribution in [3.63, 3.8) is 0 Å². The van der Waals surface area contributed by atoms with Crippen molar-refractivity contribution in [1.82, 2.24) is 5.32 Å². The number of methoxy groups -OCH3 is 1. The molecule has 0 saturated carbocycles. The van der Waals surface area contributed by atoms with E-state index in [1.54, 1.807) is 6.92 Å². The van der Waals surface area contributed by atoms with Crippen LogP contribution in [0.5, 0.6) is 0 Å². The molecule has 82 valence electrons. The van der Waals surface area contributed by atoms with Crippen molar-refractivity contribution in [2.24, 2.45) is 11.3 Å². The van der Waals surface area contributed by atoms with E-state index in [1.807, 2.05) is 13.8 Å². The van der Waals surface area contributed by atoms with Gasteiger partial charge in [-0.3, -0.25) is 0 Å². The zero-order chi connectivity index (χ0) is 11.0. The third kappa shape index (κ3) is 1.32. The van der Waals surface area contributed by atoms with E-state index in [2.05, 4.69) is 10.1 Å². The number of carbonyl (C=O) groups excluding carboxylic acids is 1. The fourth-order valence-electron chi connectivity index (χ4n) is 1.97. The zero-order valence-corrected chi connectivity index (χ0v) is 9.19. The summed E-state index contributed by atoms with van der Waals surface area (Å²) in [6.07, 6.45) is 0. The van der Waals surface area contributed by atoms with Gasteiger partial charge in [0.1, 0.15) is 0 Å². The molecule has 14 heavy (non-hydrogen) atoms. The minimum Gasteiger partial charge on any atom is -0.467 e. The molecule has 2 atom stereocenters. The van der Waals surface area contributed by atoms with Crippen molar-refractivity contribution in [2.75, 3.05) is 20.2 Å². The molecular weight excluding hydrogens is 185 g/mol. The molecule has 3 nitrogen and oxygen atoms in total. The van der Waals surface area contributed by atoms with Crippen LogP contribution in [0.3, 0.4) is 0 Å². The van der Waals surface area contributed by atoms with Crippen molar-refractivity contribution in [2.45, 2.75) is 26.4 Å². The van der Waals surface area contributed by atoms with Crippen LogP contribution in [0.25, 0.3) is 0 Å². The number of hydrogen-bond donors (Lipinski definition) is 1. The first-order valence-electron chi connectivity index (χ1n) is 4.86. The molecule has 1 saturated heterocycles. The van der Waals surface area contributed by atoms with Crippen LogP contribution in [0.2, 0.25) is 0 Å². The maximum Gasteiger partial charge on any atom is 0.345 e. The van der Waals surface area contributed by atoms with Gasteiger partial charge in [0.2, 0.25) is 5.67 Å². The van der Waals surface area contributed by atoms with E-state index in [-0.39, 0.29) is 12.5 Å². The van der Waals surface area contributed by atoms with Gasteiger partial charge in [0.15, 0.2) is 0 Å². The van der Waals surface area contributed by atoms with Gasteiger partial charge in [0.05, 0.1) is 7.11 Å². The molecule has 2 unspecified atom stereocenters. The Balaban J connectivity index is 3.02. The lowest BCUT2D eigenvalue weighted by atomic mass is 9.69. The van der Waals surface area contributed by atoms with Gasteiger partial charge in [0.25, 0.3) is 0 Å². The van der Waals surface area contributed by atoms with Crippen LogP contribution in [0.15, 0.2) is 0 Å². The smallest absolute Gasteiger partial charge is 0.345 e. The molecule has 1 aliphatic rings. The van der Waals surface area contributed by atoms with Crippen molar-refractivity contribution in [1.29, 1.82) is 0 Å². The molecule has 4 heteroatoms. The van der Waals surface area contributed by atoms with Gasteiger partial charge in [-0.1, -0.05) is 20.8 Å². The minimum absolute atomic E-state index is 0.0500. The summed E-state index contributed by atoms with van der Waals surface area (Å²) in [5.41, 5.74) is -2.57. The highest BCUT2D eigenvalue weighted by atomic mass is 19.1. The second-order valence-corrected chi connectivity index (χ2v) is 4.47. The first kappa shape index (κ1) is 11.4. The number of rotatable bonds is 2. The highest BCUT2D eigenvalue weighted by Crippen LogP contribution is 2.44. The van der Waals surface area contributed by atoms with E-state index in [0.717, 1.165) is 0 Å². The summed E-state index contributed by atoms with van der Waals surface area (Å²) in [5, 5.41) is 2.92. The first-order valence-corrected chi connectivity index (χ1v) is 4.86. The zero-order valence-electron chi connectivity index (χ0n) is 9.19. The molecule has 1 heterocycles. The summed E-state index contributed by atoms with van der Waals surface area (Å²) in [7, 11) is 1.22. The number of ether oxygens (including phenoxy) is 1. The molecule has 0 aromatic rings. The van der Waals surface area contributed by atoms with Crippen molar-refractivity contribution in [3.05, 3.63) is 0 Å². The fourth-order valence-corrected chi connectivity index (χ4v) is 1.97. The van der Waals surface area contributed by atoms with E-state index in [0.29, 0.717) is 6.54 Å². The lowest BCUT2D eigenvalue weighted by Gasteiger charge is -2.37. The molecule has 0 aromatic heterocycles. The molecule has 0 spiro atoms.